The van der Waals surface area contributed by atoms with Crippen molar-refractivity contribution in [2.24, 2.45) is 52.3 Å². The van der Waals surface area contributed by atoms with E-state index < -0.39 is 5.97 Å². The summed E-state index contributed by atoms with van der Waals surface area (Å²) in [7, 11) is 0. The first-order valence-electron chi connectivity index (χ1n) is 15.7. The first-order chi connectivity index (χ1) is 18.4. The minimum absolute atomic E-state index is 0.0347. The highest BCUT2D eigenvalue weighted by atomic mass is 16.5. The summed E-state index contributed by atoms with van der Waals surface area (Å²) in [5.41, 5.74) is 0.0495. The first kappa shape index (κ1) is 30.3. The molecule has 0 saturated heterocycles. The van der Waals surface area contributed by atoms with Crippen LogP contribution in [0.3, 0.4) is 0 Å². The molecule has 4 fully saturated rings. The molecule has 0 radical (unpaired) electrons. The number of carbonyl (C=O) groups excluding carboxylic acids is 2. The van der Waals surface area contributed by atoms with Crippen LogP contribution in [-0.4, -0.2) is 46.9 Å². The van der Waals surface area contributed by atoms with Gasteiger partial charge in [-0.1, -0.05) is 34.6 Å². The Bertz CT molecular complexity index is 903. The summed E-state index contributed by atoms with van der Waals surface area (Å²) in [6.07, 6.45) is 9.74. The second-order valence-corrected chi connectivity index (χ2v) is 14.0. The Kier molecular flexibility index (Phi) is 9.40. The zero-order valence-corrected chi connectivity index (χ0v) is 24.8. The Hall–Kier alpha value is -1.63. The van der Waals surface area contributed by atoms with Gasteiger partial charge in [0.1, 0.15) is 12.7 Å². The van der Waals surface area contributed by atoms with Gasteiger partial charge in [-0.15, -0.1) is 0 Å². The zero-order chi connectivity index (χ0) is 28.5. The molecule has 7 nitrogen and oxygen atoms in total. The molecule has 4 aliphatic carbocycles. The standard InChI is InChI=1S/C32H52O7/c1-6-19(2)30(37)39-22-13-15-31(4)21(17-22)8-9-23-25-11-10-24(32(25,5)27(33)18-26(23)31)20(3)7-12-29(36)38-16-14-28(34)35/h19-27,33H,6-18H2,1-5H3,(H,34,35). The third-order valence-corrected chi connectivity index (χ3v) is 12.2. The summed E-state index contributed by atoms with van der Waals surface area (Å²) in [5.74, 6) is 1.44. The van der Waals surface area contributed by atoms with Crippen LogP contribution in [0.25, 0.3) is 0 Å². The van der Waals surface area contributed by atoms with Crippen LogP contribution >= 0.6 is 0 Å². The van der Waals surface area contributed by atoms with E-state index in [9.17, 15) is 19.5 Å². The number of aliphatic hydroxyl groups is 1. The normalized spacial score (nSPS) is 40.9. The highest BCUT2D eigenvalue weighted by Gasteiger charge is 2.63. The summed E-state index contributed by atoms with van der Waals surface area (Å²) < 4.78 is 11.0. The summed E-state index contributed by atoms with van der Waals surface area (Å²) in [4.78, 5) is 35.3. The SMILES string of the molecule is CCC(C)C(=O)OC1CCC2(C)C(CCC3C2CC(O)C2(C)C(C(C)CCC(=O)OCCC(=O)O)CCC32)C1. The first-order valence-corrected chi connectivity index (χ1v) is 15.7. The largest absolute Gasteiger partial charge is 0.481 e. The van der Waals surface area contributed by atoms with Crippen molar-refractivity contribution in [3.8, 4) is 0 Å². The third kappa shape index (κ3) is 5.90. The minimum atomic E-state index is -0.966. The number of fused-ring (bicyclic) bond motifs is 5. The third-order valence-electron chi connectivity index (χ3n) is 12.2. The molecule has 0 bridgehead atoms. The van der Waals surface area contributed by atoms with Gasteiger partial charge in [-0.3, -0.25) is 14.4 Å². The van der Waals surface area contributed by atoms with Crippen molar-refractivity contribution in [2.45, 2.75) is 124 Å². The van der Waals surface area contributed by atoms with E-state index in [1.807, 2.05) is 13.8 Å². The molecule has 2 N–H and O–H groups in total. The fraction of sp³-hybridized carbons (Fsp3) is 0.906. The van der Waals surface area contributed by atoms with Crippen LogP contribution in [0.4, 0.5) is 0 Å². The highest BCUT2D eigenvalue weighted by molar-refractivity contribution is 5.72. The molecule has 39 heavy (non-hydrogen) atoms. The van der Waals surface area contributed by atoms with Gasteiger partial charge in [0.15, 0.2) is 0 Å². The van der Waals surface area contributed by atoms with Crippen LogP contribution in [0, 0.1) is 52.3 Å². The van der Waals surface area contributed by atoms with Gasteiger partial charge in [0.25, 0.3) is 0 Å². The second-order valence-electron chi connectivity index (χ2n) is 14.0. The number of carboxylic acid groups (broad SMARTS) is 1. The van der Waals surface area contributed by atoms with Crippen LogP contribution < -0.4 is 0 Å². The van der Waals surface area contributed by atoms with Gasteiger partial charge in [0, 0.05) is 6.42 Å². The van der Waals surface area contributed by atoms with Crippen molar-refractivity contribution in [1.29, 1.82) is 0 Å². The molecular weight excluding hydrogens is 496 g/mol. The lowest BCUT2D eigenvalue weighted by atomic mass is 9.43. The Labute approximate surface area is 234 Å². The van der Waals surface area contributed by atoms with E-state index in [4.69, 9.17) is 14.6 Å². The molecule has 4 rings (SSSR count). The molecular formula is C32H52O7. The number of carbonyl (C=O) groups is 3. The molecule has 7 heteroatoms. The van der Waals surface area contributed by atoms with Crippen molar-refractivity contribution >= 4 is 17.9 Å². The van der Waals surface area contributed by atoms with Gasteiger partial charge >= 0.3 is 17.9 Å². The highest BCUT2D eigenvalue weighted by Crippen LogP contribution is 2.68. The van der Waals surface area contributed by atoms with E-state index in [1.54, 1.807) is 0 Å². The fourth-order valence-corrected chi connectivity index (χ4v) is 9.57. The Morgan fingerprint density at radius 1 is 0.974 bits per heavy atom. The van der Waals surface area contributed by atoms with Crippen molar-refractivity contribution in [2.75, 3.05) is 6.61 Å². The fourth-order valence-electron chi connectivity index (χ4n) is 9.57. The lowest BCUT2D eigenvalue weighted by molar-refractivity contribution is -0.183. The Balaban J connectivity index is 1.38. The summed E-state index contributed by atoms with van der Waals surface area (Å²) in [6, 6.07) is 0. The monoisotopic (exact) mass is 548 g/mol. The predicted molar refractivity (Wildman–Crippen MR) is 148 cm³/mol. The maximum atomic E-state index is 12.5. The van der Waals surface area contributed by atoms with E-state index >= 15 is 0 Å². The molecule has 0 heterocycles. The summed E-state index contributed by atoms with van der Waals surface area (Å²) >= 11 is 0. The van der Waals surface area contributed by atoms with Gasteiger partial charge in [-0.05, 0) is 111 Å². The minimum Gasteiger partial charge on any atom is -0.481 e. The molecule has 0 aromatic heterocycles. The van der Waals surface area contributed by atoms with E-state index in [1.165, 1.54) is 12.8 Å². The predicted octanol–water partition coefficient (Wildman–Crippen LogP) is 6.01. The van der Waals surface area contributed by atoms with E-state index in [2.05, 4.69) is 20.8 Å². The van der Waals surface area contributed by atoms with Gasteiger partial charge < -0.3 is 19.7 Å². The van der Waals surface area contributed by atoms with Crippen LogP contribution in [0.5, 0.6) is 0 Å². The number of aliphatic carboxylic acids is 1. The van der Waals surface area contributed by atoms with E-state index in [0.29, 0.717) is 48.3 Å². The van der Waals surface area contributed by atoms with Gasteiger partial charge in [-0.2, -0.15) is 0 Å². The van der Waals surface area contributed by atoms with Gasteiger partial charge in [0.2, 0.25) is 0 Å². The molecule has 11 atom stereocenters. The van der Waals surface area contributed by atoms with Crippen molar-refractivity contribution in [3.05, 3.63) is 0 Å². The molecule has 11 unspecified atom stereocenters. The molecule has 4 saturated carbocycles. The topological polar surface area (TPSA) is 110 Å². The average molecular weight is 549 g/mol. The number of carboxylic acids is 1. The van der Waals surface area contributed by atoms with Crippen LogP contribution in [-0.2, 0) is 23.9 Å². The number of hydrogen-bond donors (Lipinski definition) is 2. The summed E-state index contributed by atoms with van der Waals surface area (Å²) in [6.45, 7) is 10.9. The number of rotatable bonds is 10. The molecule has 0 aromatic rings. The maximum absolute atomic E-state index is 12.5. The number of aliphatic hydroxyl groups excluding tert-OH is 1. The van der Waals surface area contributed by atoms with Crippen LogP contribution in [0.1, 0.15) is 112 Å². The number of hydrogen-bond acceptors (Lipinski definition) is 6. The second kappa shape index (κ2) is 12.1. The van der Waals surface area contributed by atoms with Crippen molar-refractivity contribution < 1.29 is 34.1 Å². The lowest BCUT2D eigenvalue weighted by Crippen LogP contribution is -2.59. The maximum Gasteiger partial charge on any atom is 0.308 e. The van der Waals surface area contributed by atoms with E-state index in [-0.39, 0.29) is 53.9 Å². The Morgan fingerprint density at radius 3 is 2.41 bits per heavy atom. The Morgan fingerprint density at radius 2 is 1.72 bits per heavy atom. The lowest BCUT2D eigenvalue weighted by Gasteiger charge is -2.62. The quantitative estimate of drug-likeness (QED) is 0.322. The van der Waals surface area contributed by atoms with Gasteiger partial charge in [0.05, 0.1) is 18.4 Å². The summed E-state index contributed by atoms with van der Waals surface area (Å²) in [5, 5.41) is 20.5. The molecule has 0 amide bonds. The van der Waals surface area contributed by atoms with Crippen LogP contribution in [0.15, 0.2) is 0 Å². The average Bonchev–Trinajstić information content (AvgIpc) is 3.26. The van der Waals surface area contributed by atoms with E-state index in [0.717, 1.165) is 44.9 Å². The molecule has 0 aromatic carbocycles. The zero-order valence-electron chi connectivity index (χ0n) is 24.8. The van der Waals surface area contributed by atoms with Gasteiger partial charge in [-0.25, -0.2) is 0 Å². The molecule has 222 valence electrons. The molecule has 0 spiro atoms. The smallest absolute Gasteiger partial charge is 0.308 e. The van der Waals surface area contributed by atoms with Crippen LogP contribution in [0.2, 0.25) is 0 Å². The number of esters is 2. The van der Waals surface area contributed by atoms with Crippen molar-refractivity contribution in [1.82, 2.24) is 0 Å². The number of ether oxygens (including phenoxy) is 2. The molecule has 4 aliphatic rings. The molecule has 0 aliphatic heterocycles. The van der Waals surface area contributed by atoms with Crippen molar-refractivity contribution in [3.63, 3.8) is 0 Å².